The lowest BCUT2D eigenvalue weighted by molar-refractivity contribution is 0.539. The van der Waals surface area contributed by atoms with E-state index in [0.717, 1.165) is 4.47 Å². The second-order valence-electron chi connectivity index (χ2n) is 4.13. The number of benzene rings is 1. The van der Waals surface area contributed by atoms with Gasteiger partial charge in [0.15, 0.2) is 0 Å². The van der Waals surface area contributed by atoms with Crippen molar-refractivity contribution in [2.45, 2.75) is 24.3 Å². The maximum absolute atomic E-state index is 12.4. The van der Waals surface area contributed by atoms with Crippen LogP contribution in [0.3, 0.4) is 0 Å². The summed E-state index contributed by atoms with van der Waals surface area (Å²) in [5.74, 6) is 0.601. The first-order valence-corrected chi connectivity index (χ1v) is 8.97. The fourth-order valence-electron chi connectivity index (χ4n) is 1.74. The highest BCUT2D eigenvalue weighted by Crippen LogP contribution is 2.27. The third kappa shape index (κ3) is 3.49. The normalized spacial score (nSPS) is 13.3. The van der Waals surface area contributed by atoms with Gasteiger partial charge in [-0.1, -0.05) is 22.9 Å². The van der Waals surface area contributed by atoms with Gasteiger partial charge in [-0.3, -0.25) is 0 Å². The first-order valence-electron chi connectivity index (χ1n) is 5.90. The Bertz CT molecular complexity index is 687. The molecule has 1 unspecified atom stereocenters. The summed E-state index contributed by atoms with van der Waals surface area (Å²) in [4.78, 5) is 7.23. The van der Waals surface area contributed by atoms with E-state index in [1.54, 1.807) is 30.6 Å². The van der Waals surface area contributed by atoms with E-state index in [1.807, 2.05) is 6.92 Å². The molecule has 0 amide bonds. The lowest BCUT2D eigenvalue weighted by atomic mass is 10.2. The Morgan fingerprint density at radius 2 is 2.15 bits per heavy atom. The molecule has 1 aromatic heterocycles. The molecule has 0 radical (unpaired) electrons. The van der Waals surface area contributed by atoms with E-state index in [9.17, 15) is 8.42 Å². The van der Waals surface area contributed by atoms with Gasteiger partial charge < -0.3 is 4.98 Å². The minimum atomic E-state index is -3.62. The van der Waals surface area contributed by atoms with Gasteiger partial charge in [0, 0.05) is 21.3 Å². The molecule has 0 saturated heterocycles. The number of aromatic nitrogens is 2. The predicted molar refractivity (Wildman–Crippen MR) is 83.8 cm³/mol. The first kappa shape index (κ1) is 15.7. The molecule has 2 aromatic rings. The fraction of sp³-hybridized carbons (Fsp3) is 0.250. The summed E-state index contributed by atoms with van der Waals surface area (Å²) in [5.41, 5.74) is 0. The minimum absolute atomic E-state index is 0.200. The third-order valence-corrected chi connectivity index (χ3v) is 5.68. The quantitative estimate of drug-likeness (QED) is 0.775. The van der Waals surface area contributed by atoms with Gasteiger partial charge in [-0.05, 0) is 40.5 Å². The number of imidazole rings is 1. The number of H-pyrrole nitrogens is 1. The van der Waals surface area contributed by atoms with Crippen LogP contribution in [-0.4, -0.2) is 18.4 Å². The number of nitrogens with zero attached hydrogens (tertiary/aromatic N) is 1. The van der Waals surface area contributed by atoms with Crippen LogP contribution in [0.5, 0.6) is 0 Å². The fourth-order valence-corrected chi connectivity index (χ4v) is 4.77. The van der Waals surface area contributed by atoms with Crippen LogP contribution in [0.1, 0.15) is 25.2 Å². The molecule has 0 aliphatic rings. The molecule has 0 fully saturated rings. The minimum Gasteiger partial charge on any atom is -0.347 e. The average molecular weight is 423 g/mol. The van der Waals surface area contributed by atoms with Crippen LogP contribution in [0.4, 0.5) is 0 Å². The summed E-state index contributed by atoms with van der Waals surface area (Å²) in [5, 5.41) is 0. The summed E-state index contributed by atoms with van der Waals surface area (Å²) >= 11 is 6.57. The molecule has 20 heavy (non-hydrogen) atoms. The van der Waals surface area contributed by atoms with Gasteiger partial charge in [-0.2, -0.15) is 0 Å². The zero-order chi connectivity index (χ0) is 14.8. The lowest BCUT2D eigenvalue weighted by Gasteiger charge is -2.15. The highest BCUT2D eigenvalue weighted by atomic mass is 79.9. The van der Waals surface area contributed by atoms with Crippen molar-refractivity contribution in [1.29, 1.82) is 0 Å². The maximum atomic E-state index is 12.4. The van der Waals surface area contributed by atoms with Gasteiger partial charge in [-0.25, -0.2) is 18.1 Å². The number of aromatic amines is 1. The third-order valence-electron chi connectivity index (χ3n) is 2.74. The van der Waals surface area contributed by atoms with Crippen LogP contribution in [0.2, 0.25) is 0 Å². The van der Waals surface area contributed by atoms with E-state index in [-0.39, 0.29) is 10.9 Å². The van der Waals surface area contributed by atoms with Gasteiger partial charge >= 0.3 is 0 Å². The van der Waals surface area contributed by atoms with Crippen LogP contribution in [0.15, 0.2) is 44.4 Å². The van der Waals surface area contributed by atoms with Gasteiger partial charge in [-0.15, -0.1) is 0 Å². The summed E-state index contributed by atoms with van der Waals surface area (Å²) in [6.45, 7) is 1.90. The van der Waals surface area contributed by atoms with Crippen molar-refractivity contribution in [3.05, 3.63) is 45.4 Å². The smallest absolute Gasteiger partial charge is 0.242 e. The van der Waals surface area contributed by atoms with Gasteiger partial charge in [0.1, 0.15) is 5.82 Å². The number of halogens is 2. The van der Waals surface area contributed by atoms with E-state index < -0.39 is 10.0 Å². The van der Waals surface area contributed by atoms with Crippen LogP contribution in [-0.2, 0) is 10.0 Å². The van der Waals surface area contributed by atoms with Crippen molar-refractivity contribution in [2.24, 2.45) is 0 Å². The summed E-state index contributed by atoms with van der Waals surface area (Å²) in [6.07, 6.45) is 3.87. The largest absolute Gasteiger partial charge is 0.347 e. The zero-order valence-corrected chi connectivity index (χ0v) is 14.6. The maximum Gasteiger partial charge on any atom is 0.242 e. The van der Waals surface area contributed by atoms with E-state index in [0.29, 0.717) is 16.7 Å². The van der Waals surface area contributed by atoms with Crippen LogP contribution < -0.4 is 4.72 Å². The van der Waals surface area contributed by atoms with Crippen LogP contribution >= 0.6 is 31.9 Å². The van der Waals surface area contributed by atoms with Gasteiger partial charge in [0.2, 0.25) is 10.0 Å². The van der Waals surface area contributed by atoms with Crippen molar-refractivity contribution < 1.29 is 8.42 Å². The number of hydrogen-bond acceptors (Lipinski definition) is 3. The van der Waals surface area contributed by atoms with Crippen molar-refractivity contribution in [3.8, 4) is 0 Å². The highest BCUT2D eigenvalue weighted by Gasteiger charge is 2.23. The van der Waals surface area contributed by atoms with E-state index >= 15 is 0 Å². The molecule has 108 valence electrons. The Morgan fingerprint density at radius 3 is 2.70 bits per heavy atom. The predicted octanol–water partition coefficient (Wildman–Crippen LogP) is 3.36. The average Bonchev–Trinajstić information content (AvgIpc) is 2.89. The molecule has 8 heteroatoms. The molecule has 2 N–H and O–H groups in total. The molecule has 0 aliphatic carbocycles. The Labute approximate surface area is 134 Å². The molecule has 0 spiro atoms. The molecule has 0 bridgehead atoms. The number of hydrogen-bond donors (Lipinski definition) is 2. The SMILES string of the molecule is CCC(NS(=O)(=O)c1ccc(Br)cc1Br)c1ncc[nH]1. The molecule has 0 saturated carbocycles. The van der Waals surface area contributed by atoms with Crippen molar-refractivity contribution in [3.63, 3.8) is 0 Å². The second kappa shape index (κ2) is 6.38. The monoisotopic (exact) mass is 421 g/mol. The summed E-state index contributed by atoms with van der Waals surface area (Å²) in [7, 11) is -3.62. The first-order chi connectivity index (χ1) is 9.44. The number of sulfonamides is 1. The Hall–Kier alpha value is -0.700. The van der Waals surface area contributed by atoms with Gasteiger partial charge in [0.05, 0.1) is 10.9 Å². The van der Waals surface area contributed by atoms with E-state index in [2.05, 4.69) is 46.5 Å². The number of nitrogens with one attached hydrogen (secondary N) is 2. The summed E-state index contributed by atoms with van der Waals surface area (Å²) < 4.78 is 28.8. The van der Waals surface area contributed by atoms with Crippen molar-refractivity contribution in [2.75, 3.05) is 0 Å². The highest BCUT2D eigenvalue weighted by molar-refractivity contribution is 9.11. The zero-order valence-electron chi connectivity index (χ0n) is 10.6. The van der Waals surface area contributed by atoms with E-state index in [4.69, 9.17) is 0 Å². The summed E-state index contributed by atoms with van der Waals surface area (Å²) in [6, 6.07) is 4.55. The molecule has 1 aromatic carbocycles. The molecule has 1 atom stereocenters. The standard InChI is InChI=1S/C12H13Br2N3O2S/c1-2-10(12-15-5-6-16-12)17-20(18,19)11-4-3-8(13)7-9(11)14/h3-7,10,17H,2H2,1H3,(H,15,16). The lowest BCUT2D eigenvalue weighted by Crippen LogP contribution is -2.29. The van der Waals surface area contributed by atoms with Gasteiger partial charge in [0.25, 0.3) is 0 Å². The number of rotatable bonds is 5. The topological polar surface area (TPSA) is 74.8 Å². The molecular formula is C12H13Br2N3O2S. The molecule has 5 nitrogen and oxygen atoms in total. The Balaban J connectivity index is 2.31. The van der Waals surface area contributed by atoms with Crippen molar-refractivity contribution in [1.82, 2.24) is 14.7 Å². The molecular weight excluding hydrogens is 410 g/mol. The molecule has 0 aliphatic heterocycles. The van der Waals surface area contributed by atoms with Crippen LogP contribution in [0.25, 0.3) is 0 Å². The van der Waals surface area contributed by atoms with Crippen molar-refractivity contribution >= 4 is 41.9 Å². The Morgan fingerprint density at radius 1 is 1.40 bits per heavy atom. The molecule has 2 rings (SSSR count). The van der Waals surface area contributed by atoms with E-state index in [1.165, 1.54) is 0 Å². The van der Waals surface area contributed by atoms with Crippen LogP contribution in [0, 0.1) is 0 Å². The molecule has 1 heterocycles. The second-order valence-corrected chi connectivity index (χ2v) is 7.58. The Kier molecular flexibility index (Phi) is 5.00.